The first-order valence-electron chi connectivity index (χ1n) is 7.03. The van der Waals surface area contributed by atoms with Gasteiger partial charge in [-0.15, -0.1) is 0 Å². The molecule has 0 aromatic heterocycles. The molecule has 0 aliphatic rings. The second-order valence-corrected chi connectivity index (χ2v) is 4.92. The van der Waals surface area contributed by atoms with E-state index in [4.69, 9.17) is 5.73 Å². The van der Waals surface area contributed by atoms with Crippen LogP contribution >= 0.6 is 0 Å². The number of nitrogen functional groups attached to an aromatic ring is 1. The summed E-state index contributed by atoms with van der Waals surface area (Å²) in [5.74, 6) is -0.390. The molecule has 0 saturated carbocycles. The van der Waals surface area contributed by atoms with Crippen molar-refractivity contribution >= 4 is 23.2 Å². The molecule has 0 bridgehead atoms. The number of likely N-dealkylation sites (N-methyl/N-ethyl adjacent to an activating group) is 1. The van der Waals surface area contributed by atoms with Crippen molar-refractivity contribution in [2.24, 2.45) is 0 Å². The molecule has 6 nitrogen and oxygen atoms in total. The number of anilines is 2. The van der Waals surface area contributed by atoms with Gasteiger partial charge in [0.2, 0.25) is 5.91 Å². The highest BCUT2D eigenvalue weighted by Gasteiger charge is 2.13. The molecule has 2 amide bonds. The lowest BCUT2D eigenvalue weighted by Crippen LogP contribution is -2.40. The number of nitrogens with two attached hydrogens (primary N) is 1. The van der Waals surface area contributed by atoms with Gasteiger partial charge in [-0.3, -0.25) is 9.59 Å². The van der Waals surface area contributed by atoms with Crippen LogP contribution in [0.25, 0.3) is 0 Å². The van der Waals surface area contributed by atoms with Crippen LogP contribution in [-0.2, 0) is 4.79 Å². The van der Waals surface area contributed by atoms with E-state index in [2.05, 4.69) is 5.32 Å². The van der Waals surface area contributed by atoms with Gasteiger partial charge in [0.25, 0.3) is 5.91 Å². The van der Waals surface area contributed by atoms with E-state index < -0.39 is 0 Å². The molecule has 0 radical (unpaired) electrons. The Kier molecular flexibility index (Phi) is 6.02. The highest BCUT2D eigenvalue weighted by molar-refractivity contribution is 5.98. The summed E-state index contributed by atoms with van der Waals surface area (Å²) in [4.78, 5) is 27.4. The lowest BCUT2D eigenvalue weighted by Gasteiger charge is -2.19. The minimum absolute atomic E-state index is 0.00412. The van der Waals surface area contributed by atoms with Gasteiger partial charge >= 0.3 is 0 Å². The average Bonchev–Trinajstić information content (AvgIpc) is 2.45. The SMILES string of the molecule is CCN(CC)C(=O)CNC(=O)c1ccc(N(C)C)c(N)c1. The Morgan fingerprint density at radius 1 is 1.19 bits per heavy atom. The molecule has 0 aliphatic heterocycles. The van der Waals surface area contributed by atoms with Crippen molar-refractivity contribution in [1.29, 1.82) is 0 Å². The summed E-state index contributed by atoms with van der Waals surface area (Å²) >= 11 is 0. The van der Waals surface area contributed by atoms with E-state index >= 15 is 0 Å². The maximum Gasteiger partial charge on any atom is 0.251 e. The summed E-state index contributed by atoms with van der Waals surface area (Å²) in [7, 11) is 3.77. The molecular formula is C15H24N4O2. The molecule has 1 rings (SSSR count). The monoisotopic (exact) mass is 292 g/mol. The number of carbonyl (C=O) groups is 2. The van der Waals surface area contributed by atoms with E-state index in [0.717, 1.165) is 5.69 Å². The molecule has 3 N–H and O–H groups in total. The third kappa shape index (κ3) is 4.37. The Morgan fingerprint density at radius 2 is 1.81 bits per heavy atom. The van der Waals surface area contributed by atoms with Crippen molar-refractivity contribution in [2.45, 2.75) is 13.8 Å². The van der Waals surface area contributed by atoms with Crippen molar-refractivity contribution < 1.29 is 9.59 Å². The van der Waals surface area contributed by atoms with Crippen LogP contribution in [0.3, 0.4) is 0 Å². The quantitative estimate of drug-likeness (QED) is 0.765. The Labute approximate surface area is 125 Å². The van der Waals surface area contributed by atoms with Crippen molar-refractivity contribution in [1.82, 2.24) is 10.2 Å². The number of carbonyl (C=O) groups excluding carboxylic acids is 2. The smallest absolute Gasteiger partial charge is 0.251 e. The van der Waals surface area contributed by atoms with Crippen molar-refractivity contribution in [3.8, 4) is 0 Å². The molecule has 6 heteroatoms. The Bertz CT molecular complexity index is 510. The van der Waals surface area contributed by atoms with E-state index in [1.807, 2.05) is 32.8 Å². The fourth-order valence-electron chi connectivity index (χ4n) is 2.05. The van der Waals surface area contributed by atoms with E-state index in [1.54, 1.807) is 23.1 Å². The lowest BCUT2D eigenvalue weighted by atomic mass is 10.1. The second-order valence-electron chi connectivity index (χ2n) is 4.92. The number of benzene rings is 1. The predicted octanol–water partition coefficient (Wildman–Crippen LogP) is 0.933. The zero-order valence-electron chi connectivity index (χ0n) is 13.1. The van der Waals surface area contributed by atoms with Gasteiger partial charge in [-0.25, -0.2) is 0 Å². The van der Waals surface area contributed by atoms with Crippen molar-refractivity contribution in [2.75, 3.05) is 44.4 Å². The Hall–Kier alpha value is -2.24. The van der Waals surface area contributed by atoms with E-state index in [-0.39, 0.29) is 18.4 Å². The van der Waals surface area contributed by atoms with Gasteiger partial charge in [-0.1, -0.05) is 0 Å². The van der Waals surface area contributed by atoms with Gasteiger partial charge in [0.1, 0.15) is 0 Å². The molecule has 1 aromatic carbocycles. The maximum atomic E-state index is 12.0. The molecule has 0 aliphatic carbocycles. The summed E-state index contributed by atoms with van der Waals surface area (Å²) in [5.41, 5.74) is 7.74. The fourth-order valence-corrected chi connectivity index (χ4v) is 2.05. The predicted molar refractivity (Wildman–Crippen MR) is 85.4 cm³/mol. The molecule has 116 valence electrons. The van der Waals surface area contributed by atoms with Crippen LogP contribution in [0.2, 0.25) is 0 Å². The minimum atomic E-state index is -0.299. The van der Waals surface area contributed by atoms with Gasteiger partial charge < -0.3 is 20.9 Å². The fraction of sp³-hybridized carbons (Fsp3) is 0.467. The van der Waals surface area contributed by atoms with Crippen LogP contribution in [0.5, 0.6) is 0 Å². The zero-order valence-corrected chi connectivity index (χ0v) is 13.1. The lowest BCUT2D eigenvalue weighted by molar-refractivity contribution is -0.129. The topological polar surface area (TPSA) is 78.7 Å². The van der Waals surface area contributed by atoms with Gasteiger partial charge in [-0.2, -0.15) is 0 Å². The van der Waals surface area contributed by atoms with Gasteiger partial charge in [0.05, 0.1) is 17.9 Å². The van der Waals surface area contributed by atoms with Crippen LogP contribution in [-0.4, -0.2) is 50.4 Å². The summed E-state index contributed by atoms with van der Waals surface area (Å²) in [6.45, 7) is 5.08. The van der Waals surface area contributed by atoms with Crippen molar-refractivity contribution in [3.05, 3.63) is 23.8 Å². The van der Waals surface area contributed by atoms with E-state index in [1.165, 1.54) is 0 Å². The van der Waals surface area contributed by atoms with Gasteiger partial charge in [0, 0.05) is 32.7 Å². The summed E-state index contributed by atoms with van der Waals surface area (Å²) in [6, 6.07) is 5.10. The first-order chi connectivity index (χ1) is 9.90. The molecule has 0 atom stereocenters. The highest BCUT2D eigenvalue weighted by atomic mass is 16.2. The zero-order chi connectivity index (χ0) is 16.0. The highest BCUT2D eigenvalue weighted by Crippen LogP contribution is 2.22. The van der Waals surface area contributed by atoms with E-state index in [0.29, 0.717) is 24.3 Å². The first-order valence-corrected chi connectivity index (χ1v) is 7.03. The first kappa shape index (κ1) is 16.8. The van der Waals surface area contributed by atoms with Crippen LogP contribution in [0.1, 0.15) is 24.2 Å². The maximum absolute atomic E-state index is 12.0. The number of hydrogen-bond donors (Lipinski definition) is 2. The van der Waals surface area contributed by atoms with Crippen LogP contribution < -0.4 is 16.0 Å². The Balaban J connectivity index is 2.68. The molecule has 0 fully saturated rings. The molecule has 0 unspecified atom stereocenters. The average molecular weight is 292 g/mol. The van der Waals surface area contributed by atoms with Crippen molar-refractivity contribution in [3.63, 3.8) is 0 Å². The third-order valence-corrected chi connectivity index (χ3v) is 3.29. The number of hydrogen-bond acceptors (Lipinski definition) is 4. The van der Waals surface area contributed by atoms with Crippen LogP contribution in [0.15, 0.2) is 18.2 Å². The third-order valence-electron chi connectivity index (χ3n) is 3.29. The molecule has 0 saturated heterocycles. The molecule has 0 heterocycles. The molecular weight excluding hydrogens is 268 g/mol. The Morgan fingerprint density at radius 3 is 2.29 bits per heavy atom. The van der Waals surface area contributed by atoms with Crippen LogP contribution in [0.4, 0.5) is 11.4 Å². The second kappa shape index (κ2) is 7.52. The standard InChI is InChI=1S/C15H24N4O2/c1-5-19(6-2)14(20)10-17-15(21)11-7-8-13(18(3)4)12(16)9-11/h7-9H,5-6,10,16H2,1-4H3,(H,17,21). The summed E-state index contributed by atoms with van der Waals surface area (Å²) in [5, 5.41) is 2.62. The number of amides is 2. The van der Waals surface area contributed by atoms with Gasteiger partial charge in [-0.05, 0) is 32.0 Å². The van der Waals surface area contributed by atoms with Crippen LogP contribution in [0, 0.1) is 0 Å². The molecule has 0 spiro atoms. The number of nitrogens with zero attached hydrogens (tertiary/aromatic N) is 2. The normalized spacial score (nSPS) is 10.1. The largest absolute Gasteiger partial charge is 0.397 e. The van der Waals surface area contributed by atoms with E-state index in [9.17, 15) is 9.59 Å². The number of rotatable bonds is 6. The summed E-state index contributed by atoms with van der Waals surface area (Å²) < 4.78 is 0. The number of nitrogens with one attached hydrogen (secondary N) is 1. The molecule has 21 heavy (non-hydrogen) atoms. The molecule has 1 aromatic rings. The minimum Gasteiger partial charge on any atom is -0.397 e. The summed E-state index contributed by atoms with van der Waals surface area (Å²) in [6.07, 6.45) is 0. The van der Waals surface area contributed by atoms with Gasteiger partial charge in [0.15, 0.2) is 0 Å².